The molecule has 5 nitrogen and oxygen atoms in total. The van der Waals surface area contributed by atoms with E-state index in [-0.39, 0.29) is 0 Å². The first kappa shape index (κ1) is 14.9. The van der Waals surface area contributed by atoms with Gasteiger partial charge in [0.25, 0.3) is 0 Å². The van der Waals surface area contributed by atoms with Gasteiger partial charge in [-0.25, -0.2) is 9.97 Å². The van der Waals surface area contributed by atoms with E-state index in [1.165, 1.54) is 36.9 Å². The molecule has 1 saturated carbocycles. The maximum Gasteiger partial charge on any atom is 0.248 e. The van der Waals surface area contributed by atoms with Gasteiger partial charge in [-0.2, -0.15) is 0 Å². The number of carbonyl (C=O) groups is 1. The summed E-state index contributed by atoms with van der Waals surface area (Å²) in [5.41, 5.74) is 10.6. The average Bonchev–Trinajstić information content (AvgIpc) is 3.22. The fourth-order valence-electron chi connectivity index (χ4n) is 4.66. The Balaban J connectivity index is 1.69. The van der Waals surface area contributed by atoms with Crippen LogP contribution in [0.25, 0.3) is 11.3 Å². The van der Waals surface area contributed by atoms with Gasteiger partial charge in [0.05, 0.1) is 11.4 Å². The SMILES string of the molecule is C[C@H]1CCN1c1nc(-c2cccc(C(N)=O)c2)c2c(n1)C1CC[C@H]2C1. The Morgan fingerprint density at radius 2 is 2.04 bits per heavy atom. The number of carbonyl (C=O) groups excluding carboxylic acids is 1. The highest BCUT2D eigenvalue weighted by Crippen LogP contribution is 2.55. The number of benzene rings is 1. The first-order valence-corrected chi connectivity index (χ1v) is 9.20. The van der Waals surface area contributed by atoms with Crippen molar-refractivity contribution in [3.8, 4) is 11.3 Å². The third kappa shape index (κ3) is 2.18. The summed E-state index contributed by atoms with van der Waals surface area (Å²) >= 11 is 0. The van der Waals surface area contributed by atoms with Crippen LogP contribution in [0.4, 0.5) is 5.95 Å². The summed E-state index contributed by atoms with van der Waals surface area (Å²) in [6, 6.07) is 8.06. The van der Waals surface area contributed by atoms with Crippen LogP contribution in [0.2, 0.25) is 0 Å². The summed E-state index contributed by atoms with van der Waals surface area (Å²) in [6.07, 6.45) is 4.86. The normalized spacial score (nSPS) is 26.4. The highest BCUT2D eigenvalue weighted by atomic mass is 16.1. The number of amides is 1. The lowest BCUT2D eigenvalue weighted by Gasteiger charge is -2.39. The van der Waals surface area contributed by atoms with Crippen LogP contribution in [0.15, 0.2) is 24.3 Å². The second-order valence-corrected chi connectivity index (χ2v) is 7.65. The van der Waals surface area contributed by atoms with Crippen molar-refractivity contribution in [1.29, 1.82) is 0 Å². The summed E-state index contributed by atoms with van der Waals surface area (Å²) in [7, 11) is 0. The predicted molar refractivity (Wildman–Crippen MR) is 96.7 cm³/mol. The van der Waals surface area contributed by atoms with Crippen molar-refractivity contribution in [2.75, 3.05) is 11.4 Å². The molecule has 2 aromatic rings. The number of aromatic nitrogens is 2. The van der Waals surface area contributed by atoms with Crippen LogP contribution in [0, 0.1) is 0 Å². The summed E-state index contributed by atoms with van der Waals surface area (Å²) in [5.74, 6) is 1.60. The third-order valence-corrected chi connectivity index (χ3v) is 6.19. The van der Waals surface area contributed by atoms with E-state index in [1.54, 1.807) is 6.07 Å². The molecule has 1 saturated heterocycles. The van der Waals surface area contributed by atoms with Gasteiger partial charge in [0.15, 0.2) is 0 Å². The predicted octanol–water partition coefficient (Wildman–Crippen LogP) is 3.21. The molecule has 2 bridgehead atoms. The molecule has 1 unspecified atom stereocenters. The number of hydrogen-bond donors (Lipinski definition) is 1. The Morgan fingerprint density at radius 3 is 2.76 bits per heavy atom. The first-order chi connectivity index (χ1) is 12.1. The molecule has 5 rings (SSSR count). The fourth-order valence-corrected chi connectivity index (χ4v) is 4.66. The number of rotatable bonds is 3. The molecule has 2 aliphatic carbocycles. The number of fused-ring (bicyclic) bond motifs is 5. The molecule has 1 aromatic carbocycles. The van der Waals surface area contributed by atoms with E-state index in [0.29, 0.717) is 23.4 Å². The average molecular weight is 334 g/mol. The number of anilines is 1. The van der Waals surface area contributed by atoms with Crippen molar-refractivity contribution in [1.82, 2.24) is 9.97 Å². The van der Waals surface area contributed by atoms with Crippen LogP contribution >= 0.6 is 0 Å². The Morgan fingerprint density at radius 1 is 1.20 bits per heavy atom. The van der Waals surface area contributed by atoms with Crippen molar-refractivity contribution in [2.24, 2.45) is 5.73 Å². The zero-order chi connectivity index (χ0) is 17.1. The molecule has 2 N–H and O–H groups in total. The number of nitrogens with zero attached hydrogens (tertiary/aromatic N) is 3. The summed E-state index contributed by atoms with van der Waals surface area (Å²) in [5, 5.41) is 0. The fraction of sp³-hybridized carbons (Fsp3) is 0.450. The summed E-state index contributed by atoms with van der Waals surface area (Å²) in [6.45, 7) is 3.24. The molecule has 128 valence electrons. The van der Waals surface area contributed by atoms with Gasteiger partial charge in [0.2, 0.25) is 11.9 Å². The first-order valence-electron chi connectivity index (χ1n) is 9.20. The van der Waals surface area contributed by atoms with Gasteiger partial charge in [0, 0.05) is 35.2 Å². The second kappa shape index (κ2) is 5.28. The minimum absolute atomic E-state index is 0.398. The standard InChI is InChI=1S/C20H22N4O/c1-11-7-8-24(11)20-22-17(13-3-2-4-15(10-13)19(21)25)16-12-5-6-14(9-12)18(16)23-20/h2-4,10-12,14H,5-9H2,1H3,(H2,21,25)/t11-,12-,14?/m0/s1. The molecular formula is C20H22N4O. The number of hydrogen-bond acceptors (Lipinski definition) is 4. The van der Waals surface area contributed by atoms with Crippen LogP contribution in [0.1, 0.15) is 66.1 Å². The van der Waals surface area contributed by atoms with Gasteiger partial charge in [-0.05, 0) is 50.7 Å². The zero-order valence-electron chi connectivity index (χ0n) is 14.4. The molecule has 3 atom stereocenters. The molecule has 1 amide bonds. The van der Waals surface area contributed by atoms with E-state index in [4.69, 9.17) is 15.7 Å². The van der Waals surface area contributed by atoms with Gasteiger partial charge in [0.1, 0.15) is 0 Å². The molecule has 1 aliphatic heterocycles. The highest BCUT2D eigenvalue weighted by Gasteiger charge is 2.42. The lowest BCUT2D eigenvalue weighted by atomic mass is 9.91. The van der Waals surface area contributed by atoms with E-state index in [9.17, 15) is 4.79 Å². The molecule has 1 aromatic heterocycles. The van der Waals surface area contributed by atoms with Crippen LogP contribution in [0.3, 0.4) is 0 Å². The van der Waals surface area contributed by atoms with E-state index in [2.05, 4.69) is 11.8 Å². The van der Waals surface area contributed by atoms with Crippen LogP contribution < -0.4 is 10.6 Å². The number of primary amides is 1. The Hall–Kier alpha value is -2.43. The lowest BCUT2D eigenvalue weighted by Crippen LogP contribution is -2.46. The third-order valence-electron chi connectivity index (χ3n) is 6.19. The minimum atomic E-state index is -0.398. The smallest absolute Gasteiger partial charge is 0.248 e. The molecule has 25 heavy (non-hydrogen) atoms. The molecular weight excluding hydrogens is 312 g/mol. The maximum absolute atomic E-state index is 11.6. The van der Waals surface area contributed by atoms with Gasteiger partial charge in [-0.3, -0.25) is 4.79 Å². The Bertz CT molecular complexity index is 878. The quantitative estimate of drug-likeness (QED) is 0.935. The van der Waals surface area contributed by atoms with Crippen LogP contribution in [-0.2, 0) is 0 Å². The lowest BCUT2D eigenvalue weighted by molar-refractivity contribution is 0.100. The van der Waals surface area contributed by atoms with Gasteiger partial charge >= 0.3 is 0 Å². The number of nitrogens with two attached hydrogens (primary N) is 1. The molecule has 3 aliphatic rings. The van der Waals surface area contributed by atoms with E-state index < -0.39 is 5.91 Å². The van der Waals surface area contributed by atoms with Gasteiger partial charge in [-0.1, -0.05) is 12.1 Å². The van der Waals surface area contributed by atoms with E-state index in [0.717, 1.165) is 23.8 Å². The largest absolute Gasteiger partial charge is 0.366 e. The molecule has 0 radical (unpaired) electrons. The Kier molecular flexibility index (Phi) is 3.14. The molecule has 0 spiro atoms. The van der Waals surface area contributed by atoms with Crippen molar-refractivity contribution in [3.05, 3.63) is 41.1 Å². The second-order valence-electron chi connectivity index (χ2n) is 7.65. The molecule has 2 fully saturated rings. The van der Waals surface area contributed by atoms with Crippen LogP contribution in [0.5, 0.6) is 0 Å². The summed E-state index contributed by atoms with van der Waals surface area (Å²) < 4.78 is 0. The zero-order valence-corrected chi connectivity index (χ0v) is 14.4. The van der Waals surface area contributed by atoms with Gasteiger partial charge in [-0.15, -0.1) is 0 Å². The monoisotopic (exact) mass is 334 g/mol. The van der Waals surface area contributed by atoms with E-state index in [1.807, 2.05) is 18.2 Å². The van der Waals surface area contributed by atoms with Crippen LogP contribution in [-0.4, -0.2) is 28.5 Å². The van der Waals surface area contributed by atoms with Crippen molar-refractivity contribution < 1.29 is 4.79 Å². The van der Waals surface area contributed by atoms with Gasteiger partial charge < -0.3 is 10.6 Å². The van der Waals surface area contributed by atoms with Crippen molar-refractivity contribution in [2.45, 2.75) is 50.5 Å². The van der Waals surface area contributed by atoms with Crippen molar-refractivity contribution in [3.63, 3.8) is 0 Å². The topological polar surface area (TPSA) is 72.1 Å². The molecule has 5 heteroatoms. The van der Waals surface area contributed by atoms with Crippen molar-refractivity contribution >= 4 is 11.9 Å². The summed E-state index contributed by atoms with van der Waals surface area (Å²) in [4.78, 5) is 23.8. The Labute approximate surface area is 147 Å². The van der Waals surface area contributed by atoms with E-state index >= 15 is 0 Å². The molecule has 2 heterocycles. The minimum Gasteiger partial charge on any atom is -0.366 e. The maximum atomic E-state index is 11.6. The highest BCUT2D eigenvalue weighted by molar-refractivity contribution is 5.94.